The van der Waals surface area contributed by atoms with Gasteiger partial charge in [-0.3, -0.25) is 0 Å². The van der Waals surface area contributed by atoms with Crippen LogP contribution in [0.4, 0.5) is 0 Å². The van der Waals surface area contributed by atoms with Gasteiger partial charge in [-0.25, -0.2) is 8.42 Å². The lowest BCUT2D eigenvalue weighted by atomic mass is 10.2. The molecule has 0 bridgehead atoms. The predicted molar refractivity (Wildman–Crippen MR) is 109 cm³/mol. The minimum Gasteiger partial charge on any atom is -0.497 e. The molecule has 0 saturated heterocycles. The molecule has 1 unspecified atom stereocenters. The molecule has 0 aliphatic rings. The van der Waals surface area contributed by atoms with Crippen LogP contribution in [0.1, 0.15) is 25.0 Å². The van der Waals surface area contributed by atoms with Gasteiger partial charge in [0.05, 0.1) is 18.6 Å². The molecule has 0 fully saturated rings. The highest BCUT2D eigenvalue weighted by Gasteiger charge is 2.27. The van der Waals surface area contributed by atoms with Gasteiger partial charge in [0.1, 0.15) is 5.75 Å². The van der Waals surface area contributed by atoms with Gasteiger partial charge in [-0.2, -0.15) is 4.31 Å². The molecule has 27 heavy (non-hydrogen) atoms. The molecule has 0 aliphatic carbocycles. The van der Waals surface area contributed by atoms with E-state index in [1.807, 2.05) is 57.2 Å². The van der Waals surface area contributed by atoms with Crippen LogP contribution >= 0.6 is 0 Å². The number of methoxy groups -OCH3 is 1. The molecule has 2 aromatic carbocycles. The Hall–Kier alpha value is -2.55. The smallest absolute Gasteiger partial charge is 0.244 e. The first-order chi connectivity index (χ1) is 12.9. The SMILES string of the molecule is CC=CC(C)N(CC#Cc1ccc(OC)cc1)S(=O)(=O)c1ccc(C)cc1. The van der Waals surface area contributed by atoms with Crippen molar-refractivity contribution in [3.63, 3.8) is 0 Å². The van der Waals surface area contributed by atoms with Gasteiger partial charge in [-0.15, -0.1) is 0 Å². The maximum absolute atomic E-state index is 13.1. The Bertz CT molecular complexity index is 934. The first-order valence-electron chi connectivity index (χ1n) is 8.72. The molecule has 1 atom stereocenters. The van der Waals surface area contributed by atoms with Crippen molar-refractivity contribution in [3.05, 3.63) is 71.8 Å². The summed E-state index contributed by atoms with van der Waals surface area (Å²) < 4.78 is 32.7. The second kappa shape index (κ2) is 9.40. The molecule has 142 valence electrons. The molecule has 0 N–H and O–H groups in total. The number of benzene rings is 2. The van der Waals surface area contributed by atoms with Crippen LogP contribution in [0.25, 0.3) is 0 Å². The predicted octanol–water partition coefficient (Wildman–Crippen LogP) is 4.01. The number of hydrogen-bond donors (Lipinski definition) is 0. The monoisotopic (exact) mass is 383 g/mol. The van der Waals surface area contributed by atoms with E-state index in [-0.39, 0.29) is 17.5 Å². The van der Waals surface area contributed by atoms with Gasteiger partial charge in [0.2, 0.25) is 10.0 Å². The Morgan fingerprint density at radius 1 is 1.11 bits per heavy atom. The first kappa shape index (κ1) is 20.8. The normalized spacial score (nSPS) is 12.6. The average molecular weight is 384 g/mol. The summed E-state index contributed by atoms with van der Waals surface area (Å²) in [6.45, 7) is 5.75. The summed E-state index contributed by atoms with van der Waals surface area (Å²) in [7, 11) is -2.04. The highest BCUT2D eigenvalue weighted by molar-refractivity contribution is 7.89. The lowest BCUT2D eigenvalue weighted by Gasteiger charge is -2.24. The summed E-state index contributed by atoms with van der Waals surface area (Å²) in [6, 6.07) is 13.9. The maximum Gasteiger partial charge on any atom is 0.244 e. The number of sulfonamides is 1. The molecule has 0 spiro atoms. The largest absolute Gasteiger partial charge is 0.497 e. The van der Waals surface area contributed by atoms with Crippen molar-refractivity contribution in [2.75, 3.05) is 13.7 Å². The van der Waals surface area contributed by atoms with E-state index in [1.165, 1.54) is 4.31 Å². The van der Waals surface area contributed by atoms with E-state index in [1.54, 1.807) is 31.4 Å². The lowest BCUT2D eigenvalue weighted by molar-refractivity contribution is 0.412. The molecule has 0 aromatic heterocycles. The number of hydrogen-bond acceptors (Lipinski definition) is 3. The van der Waals surface area contributed by atoms with Crippen molar-refractivity contribution in [1.29, 1.82) is 0 Å². The van der Waals surface area contributed by atoms with Gasteiger partial charge in [0.15, 0.2) is 0 Å². The van der Waals surface area contributed by atoms with Gasteiger partial charge in [-0.1, -0.05) is 41.7 Å². The van der Waals surface area contributed by atoms with Crippen molar-refractivity contribution < 1.29 is 13.2 Å². The van der Waals surface area contributed by atoms with E-state index in [2.05, 4.69) is 11.8 Å². The zero-order chi connectivity index (χ0) is 19.9. The number of rotatable bonds is 6. The van der Waals surface area contributed by atoms with Crippen molar-refractivity contribution >= 4 is 10.0 Å². The fraction of sp³-hybridized carbons (Fsp3) is 0.273. The summed E-state index contributed by atoms with van der Waals surface area (Å²) >= 11 is 0. The third-order valence-corrected chi connectivity index (χ3v) is 6.06. The molecule has 2 aromatic rings. The summed E-state index contributed by atoms with van der Waals surface area (Å²) in [4.78, 5) is 0.274. The zero-order valence-corrected chi connectivity index (χ0v) is 17.0. The van der Waals surface area contributed by atoms with Crippen LogP contribution in [-0.4, -0.2) is 32.4 Å². The van der Waals surface area contributed by atoms with Crippen LogP contribution < -0.4 is 4.74 Å². The standard InChI is InChI=1S/C22H25NO3S/c1-5-7-19(3)23(27(24,25)22-15-9-18(2)10-16-22)17-6-8-20-11-13-21(26-4)14-12-20/h5,7,9-16,19H,17H2,1-4H3. The van der Waals surface area contributed by atoms with E-state index >= 15 is 0 Å². The molecule has 0 heterocycles. The third kappa shape index (κ3) is 5.46. The molecular weight excluding hydrogens is 358 g/mol. The summed E-state index contributed by atoms with van der Waals surface area (Å²) in [5.41, 5.74) is 1.82. The first-order valence-corrected chi connectivity index (χ1v) is 10.2. The lowest BCUT2D eigenvalue weighted by Crippen LogP contribution is -2.37. The van der Waals surface area contributed by atoms with E-state index in [0.717, 1.165) is 16.9 Å². The van der Waals surface area contributed by atoms with Crippen LogP contribution in [0.15, 0.2) is 65.6 Å². The van der Waals surface area contributed by atoms with Crippen molar-refractivity contribution in [2.45, 2.75) is 31.7 Å². The van der Waals surface area contributed by atoms with Crippen molar-refractivity contribution in [1.82, 2.24) is 4.31 Å². The van der Waals surface area contributed by atoms with Crippen LogP contribution in [-0.2, 0) is 10.0 Å². The minimum atomic E-state index is -3.64. The molecule has 5 heteroatoms. The Morgan fingerprint density at radius 3 is 2.30 bits per heavy atom. The molecule has 0 aliphatic heterocycles. The van der Waals surface area contributed by atoms with Crippen molar-refractivity contribution in [2.24, 2.45) is 0 Å². The van der Waals surface area contributed by atoms with E-state index in [4.69, 9.17) is 4.74 Å². The van der Waals surface area contributed by atoms with Crippen LogP contribution in [0, 0.1) is 18.8 Å². The third-order valence-electron chi connectivity index (χ3n) is 4.11. The number of ether oxygens (including phenoxy) is 1. The fourth-order valence-electron chi connectivity index (χ4n) is 2.56. The van der Waals surface area contributed by atoms with E-state index in [9.17, 15) is 8.42 Å². The Balaban J connectivity index is 2.29. The molecule has 0 saturated carbocycles. The minimum absolute atomic E-state index is 0.105. The maximum atomic E-state index is 13.1. The Labute approximate surface area is 162 Å². The molecule has 0 radical (unpaired) electrons. The second-order valence-electron chi connectivity index (χ2n) is 6.16. The average Bonchev–Trinajstić information content (AvgIpc) is 2.66. The quantitative estimate of drug-likeness (QED) is 0.559. The second-order valence-corrected chi connectivity index (χ2v) is 8.05. The number of nitrogens with zero attached hydrogens (tertiary/aromatic N) is 1. The summed E-state index contributed by atoms with van der Waals surface area (Å²) in [5.74, 6) is 6.76. The van der Waals surface area contributed by atoms with E-state index in [0.29, 0.717) is 0 Å². The molecular formula is C22H25NO3S. The Morgan fingerprint density at radius 2 is 1.74 bits per heavy atom. The summed E-state index contributed by atoms with van der Waals surface area (Å²) in [6.07, 6.45) is 3.69. The van der Waals surface area contributed by atoms with Gasteiger partial charge in [-0.05, 0) is 57.2 Å². The highest BCUT2D eigenvalue weighted by Crippen LogP contribution is 2.19. The van der Waals surface area contributed by atoms with Gasteiger partial charge < -0.3 is 4.74 Å². The Kier molecular flexibility index (Phi) is 7.23. The number of allylic oxidation sites excluding steroid dienone is 1. The molecule has 2 rings (SSSR count). The molecule has 4 nitrogen and oxygen atoms in total. The van der Waals surface area contributed by atoms with Gasteiger partial charge in [0.25, 0.3) is 0 Å². The topological polar surface area (TPSA) is 46.6 Å². The van der Waals surface area contributed by atoms with Crippen molar-refractivity contribution in [3.8, 4) is 17.6 Å². The zero-order valence-electron chi connectivity index (χ0n) is 16.1. The fourth-order valence-corrected chi connectivity index (χ4v) is 4.06. The molecule has 0 amide bonds. The van der Waals surface area contributed by atoms with Crippen LogP contribution in [0.3, 0.4) is 0 Å². The highest BCUT2D eigenvalue weighted by atomic mass is 32.2. The van der Waals surface area contributed by atoms with E-state index < -0.39 is 10.0 Å². The van der Waals surface area contributed by atoms with Crippen LogP contribution in [0.5, 0.6) is 5.75 Å². The van der Waals surface area contributed by atoms with Crippen LogP contribution in [0.2, 0.25) is 0 Å². The van der Waals surface area contributed by atoms with Gasteiger partial charge in [0, 0.05) is 11.6 Å². The number of aryl methyl sites for hydroxylation is 1. The van der Waals surface area contributed by atoms with Gasteiger partial charge >= 0.3 is 0 Å². The summed E-state index contributed by atoms with van der Waals surface area (Å²) in [5, 5.41) is 0.